The molecule has 0 fully saturated rings. The molecule has 3 aromatic rings. The van der Waals surface area contributed by atoms with Crippen molar-refractivity contribution in [2.45, 2.75) is 0 Å². The van der Waals surface area contributed by atoms with E-state index in [1.165, 1.54) is 23.1 Å². The minimum Gasteiger partial charge on any atom is -0.481 e. The molecular formula is C17H11Cl2NO2S2. The van der Waals surface area contributed by atoms with Crippen LogP contribution in [0.25, 0.3) is 21.2 Å². The third-order valence-corrected chi connectivity index (χ3v) is 6.05. The maximum absolute atomic E-state index is 11.0. The van der Waals surface area contributed by atoms with E-state index in [-0.39, 0.29) is 5.75 Å². The third-order valence-electron chi connectivity index (χ3n) is 3.10. The minimum atomic E-state index is -0.874. The molecule has 0 unspecified atom stereocenters. The van der Waals surface area contributed by atoms with Crippen LogP contribution in [-0.4, -0.2) is 21.8 Å². The summed E-state index contributed by atoms with van der Waals surface area (Å²) >= 11 is 14.8. The number of thioether (sulfide) groups is 1. The average molecular weight is 396 g/mol. The lowest BCUT2D eigenvalue weighted by Gasteiger charge is -2.04. The van der Waals surface area contributed by atoms with E-state index in [0.717, 1.165) is 25.7 Å². The predicted octanol–water partition coefficient (Wildman–Crippen LogP) is 5.92. The van der Waals surface area contributed by atoms with Gasteiger partial charge in [-0.15, -0.1) is 23.1 Å². The number of hydrogen-bond acceptors (Lipinski definition) is 4. The van der Waals surface area contributed by atoms with Gasteiger partial charge in [-0.1, -0.05) is 41.4 Å². The summed E-state index contributed by atoms with van der Waals surface area (Å²) < 4.78 is 1.06. The first kappa shape index (κ1) is 17.3. The summed E-state index contributed by atoms with van der Waals surface area (Å²) in [6.45, 7) is 0. The summed E-state index contributed by atoms with van der Waals surface area (Å²) in [7, 11) is 0. The molecule has 0 saturated heterocycles. The molecule has 0 spiro atoms. The number of aliphatic carboxylic acids is 1. The van der Waals surface area contributed by atoms with Crippen molar-refractivity contribution in [2.75, 3.05) is 5.75 Å². The van der Waals surface area contributed by atoms with Crippen molar-refractivity contribution in [3.05, 3.63) is 63.1 Å². The van der Waals surface area contributed by atoms with Crippen molar-refractivity contribution in [3.63, 3.8) is 0 Å². The van der Waals surface area contributed by atoms with Crippen molar-refractivity contribution in [1.82, 2.24) is 4.98 Å². The fraction of sp³-hybridized carbons (Fsp3) is 0.0588. The lowest BCUT2D eigenvalue weighted by atomic mass is 10.2. The molecule has 0 aliphatic rings. The molecular weight excluding hydrogens is 385 g/mol. The van der Waals surface area contributed by atoms with Crippen LogP contribution >= 0.6 is 46.3 Å². The number of carboxylic acids is 1. The molecule has 7 heteroatoms. The van der Waals surface area contributed by atoms with E-state index in [2.05, 4.69) is 4.98 Å². The summed E-state index contributed by atoms with van der Waals surface area (Å²) in [5.74, 6) is -0.913. The molecule has 3 nitrogen and oxygen atoms in total. The van der Waals surface area contributed by atoms with Crippen LogP contribution in [0.3, 0.4) is 0 Å². The molecule has 24 heavy (non-hydrogen) atoms. The zero-order valence-corrected chi connectivity index (χ0v) is 15.3. The molecule has 0 atom stereocenters. The summed E-state index contributed by atoms with van der Waals surface area (Å²) in [5.41, 5.74) is 1.74. The average Bonchev–Trinajstić information content (AvgIpc) is 2.98. The lowest BCUT2D eigenvalue weighted by Crippen LogP contribution is -1.98. The maximum Gasteiger partial charge on any atom is 0.313 e. The van der Waals surface area contributed by atoms with Crippen LogP contribution in [-0.2, 0) is 4.79 Å². The first-order chi connectivity index (χ1) is 11.5. The van der Waals surface area contributed by atoms with Crippen molar-refractivity contribution in [3.8, 4) is 0 Å². The standard InChI is InChI=1S/C17H11Cl2NO2S2/c18-11-6-5-10(7-12(11)19)8-15(23-9-16(21)22)17-20-13-3-1-2-4-14(13)24-17/h1-8H,9H2,(H,21,22)/b15-8-. The quantitative estimate of drug-likeness (QED) is 0.582. The number of rotatable bonds is 5. The van der Waals surface area contributed by atoms with E-state index in [4.69, 9.17) is 28.3 Å². The Labute approximate surface area is 156 Å². The van der Waals surface area contributed by atoms with E-state index >= 15 is 0 Å². The molecule has 122 valence electrons. The number of halogens is 2. The highest BCUT2D eigenvalue weighted by molar-refractivity contribution is 8.09. The number of aromatic nitrogens is 1. The normalized spacial score (nSPS) is 11.8. The van der Waals surface area contributed by atoms with E-state index in [1.54, 1.807) is 12.1 Å². The Hall–Kier alpha value is -1.53. The second kappa shape index (κ2) is 7.57. The molecule has 0 aliphatic heterocycles. The molecule has 0 saturated carbocycles. The summed E-state index contributed by atoms with van der Waals surface area (Å²) in [6.07, 6.45) is 1.88. The number of carbonyl (C=O) groups is 1. The van der Waals surface area contributed by atoms with E-state index in [9.17, 15) is 4.79 Å². The number of nitrogens with zero attached hydrogens (tertiary/aromatic N) is 1. The fourth-order valence-electron chi connectivity index (χ4n) is 2.04. The van der Waals surface area contributed by atoms with Gasteiger partial charge in [-0.3, -0.25) is 4.79 Å². The van der Waals surface area contributed by atoms with Crippen molar-refractivity contribution < 1.29 is 9.90 Å². The van der Waals surface area contributed by atoms with Gasteiger partial charge in [-0.2, -0.15) is 0 Å². The zero-order valence-electron chi connectivity index (χ0n) is 12.2. The maximum atomic E-state index is 11.0. The van der Waals surface area contributed by atoms with E-state index < -0.39 is 5.97 Å². The molecule has 1 heterocycles. The van der Waals surface area contributed by atoms with Gasteiger partial charge < -0.3 is 5.11 Å². The van der Waals surface area contributed by atoms with Crippen LogP contribution in [0.2, 0.25) is 10.0 Å². The number of fused-ring (bicyclic) bond motifs is 1. The fourth-order valence-corrected chi connectivity index (χ4v) is 4.19. The molecule has 3 rings (SSSR count). The molecule has 1 aromatic heterocycles. The number of hydrogen-bond donors (Lipinski definition) is 1. The minimum absolute atomic E-state index is 0.0386. The van der Waals surface area contributed by atoms with Gasteiger partial charge in [0.2, 0.25) is 0 Å². The highest BCUT2D eigenvalue weighted by atomic mass is 35.5. The monoisotopic (exact) mass is 395 g/mol. The SMILES string of the molecule is O=C(O)CS/C(=C\c1ccc(Cl)c(Cl)c1)c1nc2ccccc2s1. The zero-order chi connectivity index (χ0) is 17.1. The van der Waals surface area contributed by atoms with Crippen LogP contribution in [0.15, 0.2) is 42.5 Å². The van der Waals surface area contributed by atoms with Crippen LogP contribution in [0.5, 0.6) is 0 Å². The molecule has 0 bridgehead atoms. The largest absolute Gasteiger partial charge is 0.481 e. The smallest absolute Gasteiger partial charge is 0.313 e. The molecule has 1 N–H and O–H groups in total. The van der Waals surface area contributed by atoms with Crippen LogP contribution in [0.1, 0.15) is 10.6 Å². The highest BCUT2D eigenvalue weighted by Gasteiger charge is 2.12. The first-order valence-electron chi connectivity index (χ1n) is 6.90. The van der Waals surface area contributed by atoms with Crippen molar-refractivity contribution in [2.24, 2.45) is 0 Å². The van der Waals surface area contributed by atoms with Gasteiger partial charge in [0.15, 0.2) is 0 Å². The molecule has 0 amide bonds. The summed E-state index contributed by atoms with van der Waals surface area (Å²) in [5, 5.41) is 10.7. The van der Waals surface area contributed by atoms with Crippen molar-refractivity contribution >= 4 is 73.5 Å². The van der Waals surface area contributed by atoms with Crippen LogP contribution in [0, 0.1) is 0 Å². The van der Waals surface area contributed by atoms with Gasteiger partial charge in [-0.05, 0) is 35.9 Å². The van der Waals surface area contributed by atoms with Crippen LogP contribution < -0.4 is 0 Å². The number of para-hydroxylation sites is 1. The number of benzene rings is 2. The second-order valence-corrected chi connectivity index (χ2v) is 7.71. The van der Waals surface area contributed by atoms with E-state index in [1.807, 2.05) is 36.4 Å². The number of thiazole rings is 1. The van der Waals surface area contributed by atoms with Gasteiger partial charge in [0.1, 0.15) is 5.01 Å². The first-order valence-corrected chi connectivity index (χ1v) is 9.46. The topological polar surface area (TPSA) is 50.2 Å². The Kier molecular flexibility index (Phi) is 5.46. The molecule has 0 aliphatic carbocycles. The highest BCUT2D eigenvalue weighted by Crippen LogP contribution is 2.36. The van der Waals surface area contributed by atoms with Crippen molar-refractivity contribution in [1.29, 1.82) is 0 Å². The molecule has 2 aromatic carbocycles. The number of carboxylic acid groups (broad SMARTS) is 1. The summed E-state index contributed by atoms with van der Waals surface area (Å²) in [6, 6.07) is 13.1. The summed E-state index contributed by atoms with van der Waals surface area (Å²) in [4.78, 5) is 16.3. The Balaban J connectivity index is 2.02. The Bertz CT molecular complexity index is 904. The van der Waals surface area contributed by atoms with Gasteiger partial charge in [0.25, 0.3) is 0 Å². The second-order valence-electron chi connectivity index (χ2n) is 4.85. The van der Waals surface area contributed by atoms with Crippen LogP contribution in [0.4, 0.5) is 0 Å². The molecule has 0 radical (unpaired) electrons. The third kappa shape index (κ3) is 4.11. The van der Waals surface area contributed by atoms with E-state index in [0.29, 0.717) is 10.0 Å². The Morgan fingerprint density at radius 1 is 1.21 bits per heavy atom. The van der Waals surface area contributed by atoms with Gasteiger partial charge in [-0.25, -0.2) is 4.98 Å². The lowest BCUT2D eigenvalue weighted by molar-refractivity contribution is -0.133. The van der Waals surface area contributed by atoms with Gasteiger partial charge >= 0.3 is 5.97 Å². The predicted molar refractivity (Wildman–Crippen MR) is 104 cm³/mol. The Morgan fingerprint density at radius 2 is 2.00 bits per heavy atom. The Morgan fingerprint density at radius 3 is 2.71 bits per heavy atom. The van der Waals surface area contributed by atoms with Gasteiger partial charge in [0, 0.05) is 4.91 Å². The van der Waals surface area contributed by atoms with Gasteiger partial charge in [0.05, 0.1) is 26.0 Å².